The average molecular weight is 294 g/mol. The smallest absolute Gasteiger partial charge is 0.338 e. The first-order valence-corrected chi connectivity index (χ1v) is 6.51. The summed E-state index contributed by atoms with van der Waals surface area (Å²) in [5.41, 5.74) is -1.83. The summed E-state index contributed by atoms with van der Waals surface area (Å²) in [6.07, 6.45) is 1.69. The number of aliphatic hydroxyl groups is 1. The summed E-state index contributed by atoms with van der Waals surface area (Å²) in [6.45, 7) is 0.415. The molecular formula is C14H14O7. The van der Waals surface area contributed by atoms with Crippen molar-refractivity contribution in [3.63, 3.8) is 0 Å². The molecule has 0 bridgehead atoms. The molecular weight excluding hydrogens is 280 g/mol. The molecule has 0 aromatic rings. The first-order valence-electron chi connectivity index (χ1n) is 6.51. The molecule has 0 amide bonds. The number of carbonyl (C=O) groups is 3. The Labute approximate surface area is 120 Å². The summed E-state index contributed by atoms with van der Waals surface area (Å²) in [5, 5.41) is 10.6. The normalized spacial score (nSPS) is 30.8. The molecule has 1 spiro atoms. The van der Waals surface area contributed by atoms with Crippen molar-refractivity contribution in [3.05, 3.63) is 23.3 Å². The molecule has 0 radical (unpaired) electrons. The Morgan fingerprint density at radius 3 is 2.48 bits per heavy atom. The number of methoxy groups -OCH3 is 1. The number of fused-ring (bicyclic) bond motifs is 1. The lowest BCUT2D eigenvalue weighted by Crippen LogP contribution is -2.55. The summed E-state index contributed by atoms with van der Waals surface area (Å²) in [4.78, 5) is 36.0. The van der Waals surface area contributed by atoms with E-state index in [0.29, 0.717) is 0 Å². The average Bonchev–Trinajstić information content (AvgIpc) is 2.90. The van der Waals surface area contributed by atoms with Crippen LogP contribution in [-0.4, -0.2) is 54.4 Å². The van der Waals surface area contributed by atoms with Crippen molar-refractivity contribution >= 4 is 17.5 Å². The number of esters is 1. The number of rotatable bonds is 1. The molecule has 1 saturated heterocycles. The predicted molar refractivity (Wildman–Crippen MR) is 67.0 cm³/mol. The second-order valence-corrected chi connectivity index (χ2v) is 5.24. The van der Waals surface area contributed by atoms with Gasteiger partial charge < -0.3 is 19.3 Å². The topological polar surface area (TPSA) is 99.1 Å². The fourth-order valence-electron chi connectivity index (χ4n) is 3.06. The van der Waals surface area contributed by atoms with E-state index in [0.717, 1.165) is 19.3 Å². The van der Waals surface area contributed by atoms with Crippen LogP contribution in [0.4, 0.5) is 0 Å². The van der Waals surface area contributed by atoms with Gasteiger partial charge in [-0.1, -0.05) is 0 Å². The van der Waals surface area contributed by atoms with Gasteiger partial charge in [-0.2, -0.15) is 0 Å². The summed E-state index contributed by atoms with van der Waals surface area (Å²) < 4.78 is 15.6. The molecule has 1 atom stereocenters. The number of hydrogen-bond donors (Lipinski definition) is 1. The van der Waals surface area contributed by atoms with E-state index in [4.69, 9.17) is 9.47 Å². The number of carbonyl (C=O) groups excluding carboxylic acids is 3. The van der Waals surface area contributed by atoms with E-state index < -0.39 is 28.9 Å². The van der Waals surface area contributed by atoms with E-state index in [-0.39, 0.29) is 37.2 Å². The van der Waals surface area contributed by atoms with E-state index in [2.05, 4.69) is 4.74 Å². The van der Waals surface area contributed by atoms with Crippen LogP contribution in [0, 0.1) is 0 Å². The molecule has 1 fully saturated rings. The molecule has 7 nitrogen and oxygen atoms in total. The quantitative estimate of drug-likeness (QED) is 0.511. The maximum absolute atomic E-state index is 12.1. The maximum Gasteiger partial charge on any atom is 0.338 e. The van der Waals surface area contributed by atoms with Crippen LogP contribution in [0.1, 0.15) is 12.8 Å². The summed E-state index contributed by atoms with van der Waals surface area (Å²) >= 11 is 0. The van der Waals surface area contributed by atoms with Crippen molar-refractivity contribution in [2.45, 2.75) is 24.2 Å². The third-order valence-corrected chi connectivity index (χ3v) is 3.93. The standard InChI is InChI=1S/C14H14O7/c1-19-12(17)13(18)6-8-9(15)2-3-10(16)11(8)14(7-13)20-4-5-21-14/h2-3,18H,4-7H2,1H3. The Kier molecular flexibility index (Phi) is 3.09. The van der Waals surface area contributed by atoms with E-state index >= 15 is 0 Å². The molecule has 7 heteroatoms. The van der Waals surface area contributed by atoms with Crippen LogP contribution in [-0.2, 0) is 28.6 Å². The Balaban J connectivity index is 2.14. The van der Waals surface area contributed by atoms with Crippen molar-refractivity contribution in [1.29, 1.82) is 0 Å². The molecule has 21 heavy (non-hydrogen) atoms. The summed E-state index contributed by atoms with van der Waals surface area (Å²) in [5.74, 6) is -3.29. The van der Waals surface area contributed by atoms with Crippen LogP contribution >= 0.6 is 0 Å². The zero-order valence-corrected chi connectivity index (χ0v) is 11.4. The van der Waals surface area contributed by atoms with Gasteiger partial charge in [0.25, 0.3) is 0 Å². The number of allylic oxidation sites excluding steroid dienone is 2. The zero-order chi connectivity index (χ0) is 15.3. The van der Waals surface area contributed by atoms with Crippen LogP contribution in [0.25, 0.3) is 0 Å². The summed E-state index contributed by atoms with van der Waals surface area (Å²) in [7, 11) is 1.14. The van der Waals surface area contributed by atoms with E-state index in [9.17, 15) is 19.5 Å². The lowest BCUT2D eigenvalue weighted by atomic mass is 9.72. The Morgan fingerprint density at radius 1 is 1.24 bits per heavy atom. The lowest BCUT2D eigenvalue weighted by Gasteiger charge is -2.42. The van der Waals surface area contributed by atoms with Gasteiger partial charge in [-0.15, -0.1) is 0 Å². The highest BCUT2D eigenvalue weighted by atomic mass is 16.7. The van der Waals surface area contributed by atoms with Crippen molar-refractivity contribution in [3.8, 4) is 0 Å². The second-order valence-electron chi connectivity index (χ2n) is 5.24. The number of hydrogen-bond acceptors (Lipinski definition) is 7. The highest BCUT2D eigenvalue weighted by molar-refractivity contribution is 6.21. The van der Waals surface area contributed by atoms with Gasteiger partial charge in [0, 0.05) is 18.4 Å². The van der Waals surface area contributed by atoms with Gasteiger partial charge in [-0.25, -0.2) is 4.79 Å². The molecule has 1 aliphatic heterocycles. The van der Waals surface area contributed by atoms with Crippen molar-refractivity contribution in [2.75, 3.05) is 20.3 Å². The van der Waals surface area contributed by atoms with Crippen LogP contribution in [0.2, 0.25) is 0 Å². The van der Waals surface area contributed by atoms with Gasteiger partial charge in [-0.3, -0.25) is 9.59 Å². The van der Waals surface area contributed by atoms with Gasteiger partial charge in [0.15, 0.2) is 17.2 Å². The Morgan fingerprint density at radius 2 is 1.86 bits per heavy atom. The number of ether oxygens (including phenoxy) is 3. The molecule has 2 aliphatic carbocycles. The Hall–Kier alpha value is -1.83. The molecule has 112 valence electrons. The van der Waals surface area contributed by atoms with Gasteiger partial charge in [-0.05, 0) is 12.2 Å². The molecule has 0 saturated carbocycles. The summed E-state index contributed by atoms with van der Waals surface area (Å²) in [6, 6.07) is 0. The SMILES string of the molecule is COC(=O)C1(O)CC2=C(C(=O)C=CC2=O)C2(C1)OCCO2. The van der Waals surface area contributed by atoms with Gasteiger partial charge in [0.05, 0.1) is 25.9 Å². The minimum Gasteiger partial charge on any atom is -0.467 e. The minimum absolute atomic E-state index is 0.0450. The van der Waals surface area contributed by atoms with Crippen molar-refractivity contribution in [1.82, 2.24) is 0 Å². The van der Waals surface area contributed by atoms with Crippen LogP contribution < -0.4 is 0 Å². The van der Waals surface area contributed by atoms with Crippen LogP contribution in [0.3, 0.4) is 0 Å². The second kappa shape index (κ2) is 4.59. The third-order valence-electron chi connectivity index (χ3n) is 3.93. The maximum atomic E-state index is 12.1. The monoisotopic (exact) mass is 294 g/mol. The number of ketones is 2. The van der Waals surface area contributed by atoms with Crippen molar-refractivity contribution < 1.29 is 33.7 Å². The van der Waals surface area contributed by atoms with E-state index in [1.165, 1.54) is 0 Å². The van der Waals surface area contributed by atoms with Gasteiger partial charge in [0.2, 0.25) is 5.79 Å². The minimum atomic E-state index is -1.96. The molecule has 0 aromatic heterocycles. The van der Waals surface area contributed by atoms with Gasteiger partial charge in [0.1, 0.15) is 0 Å². The lowest BCUT2D eigenvalue weighted by molar-refractivity contribution is -0.197. The molecule has 3 aliphatic rings. The fraction of sp³-hybridized carbons (Fsp3) is 0.500. The predicted octanol–water partition coefficient (Wildman–Crippen LogP) is -0.568. The van der Waals surface area contributed by atoms with E-state index in [1.54, 1.807) is 0 Å². The third kappa shape index (κ3) is 1.97. The highest BCUT2D eigenvalue weighted by Crippen LogP contribution is 2.46. The highest BCUT2D eigenvalue weighted by Gasteiger charge is 2.58. The van der Waals surface area contributed by atoms with Gasteiger partial charge >= 0.3 is 5.97 Å². The fourth-order valence-corrected chi connectivity index (χ4v) is 3.06. The molecule has 3 rings (SSSR count). The molecule has 1 heterocycles. The largest absolute Gasteiger partial charge is 0.467 e. The first kappa shape index (κ1) is 14.1. The molecule has 0 aromatic carbocycles. The molecule has 1 unspecified atom stereocenters. The Bertz CT molecular complexity index is 594. The first-order chi connectivity index (χ1) is 9.92. The zero-order valence-electron chi connectivity index (χ0n) is 11.4. The van der Waals surface area contributed by atoms with E-state index in [1.807, 2.05) is 0 Å². The van der Waals surface area contributed by atoms with Crippen molar-refractivity contribution in [2.24, 2.45) is 0 Å². The van der Waals surface area contributed by atoms with Crippen LogP contribution in [0.5, 0.6) is 0 Å². The molecule has 1 N–H and O–H groups in total. The van der Waals surface area contributed by atoms with Crippen LogP contribution in [0.15, 0.2) is 23.3 Å².